The molecule has 2 aromatic carbocycles. The minimum Gasteiger partial charge on any atom is -0.236 e. The van der Waals surface area contributed by atoms with Crippen LogP contribution in [0.1, 0.15) is 0 Å². The zero-order chi connectivity index (χ0) is 23.2. The lowest BCUT2D eigenvalue weighted by molar-refractivity contribution is 0.586. The van der Waals surface area contributed by atoms with Gasteiger partial charge in [-0.3, -0.25) is 0 Å². The third-order valence-corrected chi connectivity index (χ3v) is 8.75. The summed E-state index contributed by atoms with van der Waals surface area (Å²) in [5.41, 5.74) is 0.930. The van der Waals surface area contributed by atoms with E-state index in [-0.39, 0.29) is 15.4 Å². The second kappa shape index (κ2) is 7.94. The highest BCUT2D eigenvalue weighted by Crippen LogP contribution is 2.33. The molecule has 0 aliphatic carbocycles. The summed E-state index contributed by atoms with van der Waals surface area (Å²) in [5.74, 6) is 0. The maximum absolute atomic E-state index is 13.3. The topological polar surface area (TPSA) is 104 Å². The molecule has 3 heterocycles. The molecule has 11 heteroatoms. The highest BCUT2D eigenvalue weighted by Gasteiger charge is 2.25. The average molecular weight is 543 g/mol. The molecular weight excluding hydrogens is 528 g/mol. The van der Waals surface area contributed by atoms with Gasteiger partial charge >= 0.3 is 0 Å². The Labute approximate surface area is 198 Å². The standard InChI is InChI=1S/C22H15BrN4O4S2/c23-16-11-19-20(21-14-26(15-25-21)32(28,29)17-7-3-1-4-8-17)13-27(22(19)24-12-16)33(30,31)18-9-5-2-6-10-18/h1-15H. The second-order valence-corrected chi connectivity index (χ2v) is 11.7. The normalized spacial score (nSPS) is 12.3. The van der Waals surface area contributed by atoms with Crippen molar-refractivity contribution in [1.82, 2.24) is 17.9 Å². The Morgan fingerprint density at radius 2 is 1.36 bits per heavy atom. The largest absolute Gasteiger partial charge is 0.269 e. The monoisotopic (exact) mass is 542 g/mol. The van der Waals surface area contributed by atoms with Gasteiger partial charge in [-0.2, -0.15) is 0 Å². The third kappa shape index (κ3) is 3.67. The summed E-state index contributed by atoms with van der Waals surface area (Å²) in [4.78, 5) is 8.79. The van der Waals surface area contributed by atoms with Crippen LogP contribution in [-0.2, 0) is 20.0 Å². The highest BCUT2D eigenvalue weighted by atomic mass is 79.9. The van der Waals surface area contributed by atoms with Crippen molar-refractivity contribution in [3.63, 3.8) is 0 Å². The zero-order valence-corrected chi connectivity index (χ0v) is 20.0. The smallest absolute Gasteiger partial charge is 0.236 e. The number of hydrogen-bond acceptors (Lipinski definition) is 6. The van der Waals surface area contributed by atoms with Gasteiger partial charge in [0.2, 0.25) is 0 Å². The van der Waals surface area contributed by atoms with Crippen molar-refractivity contribution in [1.29, 1.82) is 0 Å². The van der Waals surface area contributed by atoms with Crippen molar-refractivity contribution in [3.05, 3.63) is 96.1 Å². The molecule has 0 bridgehead atoms. The number of fused-ring (bicyclic) bond motifs is 1. The molecular formula is C22H15BrN4O4S2. The van der Waals surface area contributed by atoms with Crippen LogP contribution in [0.25, 0.3) is 22.3 Å². The van der Waals surface area contributed by atoms with Crippen molar-refractivity contribution in [2.24, 2.45) is 0 Å². The van der Waals surface area contributed by atoms with Crippen LogP contribution in [0.5, 0.6) is 0 Å². The van der Waals surface area contributed by atoms with Crippen molar-refractivity contribution in [2.45, 2.75) is 9.79 Å². The quantitative estimate of drug-likeness (QED) is 0.330. The molecule has 0 aliphatic rings. The first-order valence-corrected chi connectivity index (χ1v) is 13.3. The maximum atomic E-state index is 13.3. The second-order valence-electron chi connectivity index (χ2n) is 7.09. The van der Waals surface area contributed by atoms with Gasteiger partial charge in [-0.1, -0.05) is 36.4 Å². The van der Waals surface area contributed by atoms with E-state index in [9.17, 15) is 16.8 Å². The van der Waals surface area contributed by atoms with Gasteiger partial charge < -0.3 is 0 Å². The minimum atomic E-state index is -3.94. The summed E-state index contributed by atoms with van der Waals surface area (Å²) in [7, 11) is -7.79. The summed E-state index contributed by atoms with van der Waals surface area (Å²) >= 11 is 3.37. The molecule has 0 saturated carbocycles. The molecule has 5 rings (SSSR count). The summed E-state index contributed by atoms with van der Waals surface area (Å²) < 4.78 is 55.3. The zero-order valence-electron chi connectivity index (χ0n) is 16.8. The highest BCUT2D eigenvalue weighted by molar-refractivity contribution is 9.10. The summed E-state index contributed by atoms with van der Waals surface area (Å²) in [6, 6.07) is 17.7. The molecule has 5 aromatic rings. The number of halogens is 1. The van der Waals surface area contributed by atoms with Crippen LogP contribution in [0, 0.1) is 0 Å². The lowest BCUT2D eigenvalue weighted by Gasteiger charge is -2.06. The van der Waals surface area contributed by atoms with Crippen molar-refractivity contribution in [2.75, 3.05) is 0 Å². The number of hydrogen-bond donors (Lipinski definition) is 0. The first kappa shape index (κ1) is 21.6. The SMILES string of the molecule is O=S(=O)(c1ccccc1)n1cnc(-c2cn(S(=O)(=O)c3ccccc3)c3ncc(Br)cc23)c1. The average Bonchev–Trinajstić information content (AvgIpc) is 3.46. The Morgan fingerprint density at radius 1 is 0.758 bits per heavy atom. The van der Waals surface area contributed by atoms with Crippen molar-refractivity contribution >= 4 is 47.0 Å². The van der Waals surface area contributed by atoms with E-state index >= 15 is 0 Å². The predicted octanol–water partition coefficient (Wildman–Crippen LogP) is 4.14. The number of pyridine rings is 1. The summed E-state index contributed by atoms with van der Waals surface area (Å²) in [5, 5.41) is 0.506. The fourth-order valence-corrected chi connectivity index (χ4v) is 6.27. The fourth-order valence-electron chi connectivity index (χ4n) is 3.44. The minimum absolute atomic E-state index is 0.107. The van der Waals surface area contributed by atoms with Gasteiger partial charge in [-0.15, -0.1) is 0 Å². The number of nitrogens with zero attached hydrogens (tertiary/aromatic N) is 4. The number of aromatic nitrogens is 4. The Bertz CT molecular complexity index is 1700. The summed E-state index contributed by atoms with van der Waals surface area (Å²) in [6.45, 7) is 0. The molecule has 0 radical (unpaired) electrons. The number of rotatable bonds is 5. The van der Waals surface area contributed by atoms with Crippen LogP contribution < -0.4 is 0 Å². The van der Waals surface area contributed by atoms with E-state index < -0.39 is 20.0 Å². The van der Waals surface area contributed by atoms with E-state index in [1.807, 2.05) is 0 Å². The van der Waals surface area contributed by atoms with Crippen LogP contribution in [-0.4, -0.2) is 34.7 Å². The van der Waals surface area contributed by atoms with Gasteiger partial charge in [0.25, 0.3) is 20.0 Å². The predicted molar refractivity (Wildman–Crippen MR) is 127 cm³/mol. The van der Waals surface area contributed by atoms with E-state index in [4.69, 9.17) is 0 Å². The van der Waals surface area contributed by atoms with Crippen LogP contribution >= 0.6 is 15.9 Å². The molecule has 0 N–H and O–H groups in total. The van der Waals surface area contributed by atoms with Crippen LogP contribution in [0.4, 0.5) is 0 Å². The van der Waals surface area contributed by atoms with E-state index in [0.29, 0.717) is 21.1 Å². The molecule has 3 aromatic heterocycles. The van der Waals surface area contributed by atoms with Crippen molar-refractivity contribution in [3.8, 4) is 11.3 Å². The molecule has 166 valence electrons. The molecule has 0 spiro atoms. The van der Waals surface area contributed by atoms with Gasteiger partial charge in [0.15, 0.2) is 5.65 Å². The molecule has 0 atom stereocenters. The molecule has 0 unspecified atom stereocenters. The first-order chi connectivity index (χ1) is 15.8. The van der Waals surface area contributed by atoms with E-state index in [1.54, 1.807) is 42.5 Å². The number of benzene rings is 2. The molecule has 8 nitrogen and oxygen atoms in total. The third-order valence-electron chi connectivity index (χ3n) is 5.03. The van der Waals surface area contributed by atoms with Crippen molar-refractivity contribution < 1.29 is 16.8 Å². The lowest BCUT2D eigenvalue weighted by Crippen LogP contribution is -2.12. The molecule has 0 aliphatic heterocycles. The maximum Gasteiger partial charge on any atom is 0.269 e. The van der Waals surface area contributed by atoms with Gasteiger partial charge in [0.1, 0.15) is 6.33 Å². The van der Waals surface area contributed by atoms with Gasteiger partial charge in [0, 0.05) is 34.0 Å². The Morgan fingerprint density at radius 3 is 2.00 bits per heavy atom. The summed E-state index contributed by atoms with van der Waals surface area (Å²) in [6.07, 6.45) is 5.46. The number of imidazole rings is 1. The Hall–Kier alpha value is -3.28. The lowest BCUT2D eigenvalue weighted by atomic mass is 10.2. The molecule has 33 heavy (non-hydrogen) atoms. The van der Waals surface area contributed by atoms with E-state index in [0.717, 1.165) is 7.94 Å². The van der Waals surface area contributed by atoms with E-state index in [2.05, 4.69) is 25.9 Å². The van der Waals surface area contributed by atoms with Gasteiger partial charge in [0.05, 0.1) is 15.5 Å². The van der Waals surface area contributed by atoms with Crippen LogP contribution in [0.3, 0.4) is 0 Å². The Balaban J connectivity index is 1.69. The first-order valence-electron chi connectivity index (χ1n) is 9.61. The molecule has 0 fully saturated rings. The van der Waals surface area contributed by atoms with Crippen LogP contribution in [0.2, 0.25) is 0 Å². The van der Waals surface area contributed by atoms with Gasteiger partial charge in [-0.05, 0) is 46.3 Å². The van der Waals surface area contributed by atoms with E-state index in [1.165, 1.54) is 49.2 Å². The fraction of sp³-hybridized carbons (Fsp3) is 0. The molecule has 0 amide bonds. The van der Waals surface area contributed by atoms with Gasteiger partial charge in [-0.25, -0.2) is 34.7 Å². The Kier molecular flexibility index (Phi) is 5.19. The molecule has 0 saturated heterocycles. The van der Waals surface area contributed by atoms with Crippen LogP contribution in [0.15, 0.2) is 106 Å².